The standard InChI is InChI=1S/C15H19BrFN3O3S/c1-10-8-19(9-11(2)21)3-4-20(10)24(22,23)15-6-13(16)12(7-18)5-14(15)17/h5-6,10-11,21H,3-4,8-9H2,1-2H3/t10-,11+/m1/s1. The van der Waals surface area contributed by atoms with Crippen molar-refractivity contribution in [3.05, 3.63) is 28.0 Å². The number of hydrogen-bond acceptors (Lipinski definition) is 5. The first-order valence-electron chi connectivity index (χ1n) is 7.48. The summed E-state index contributed by atoms with van der Waals surface area (Å²) in [5, 5.41) is 18.4. The fraction of sp³-hybridized carbons (Fsp3) is 0.533. The zero-order chi connectivity index (χ0) is 18.1. The molecule has 1 aliphatic rings. The Morgan fingerprint density at radius 2 is 2.17 bits per heavy atom. The molecular formula is C15H19BrFN3O3S. The largest absolute Gasteiger partial charge is 0.392 e. The second-order valence-electron chi connectivity index (χ2n) is 5.95. The van der Waals surface area contributed by atoms with Crippen LogP contribution in [0.25, 0.3) is 0 Å². The average Bonchev–Trinajstić information content (AvgIpc) is 2.48. The van der Waals surface area contributed by atoms with Crippen LogP contribution in [0, 0.1) is 17.1 Å². The number of nitrogens with zero attached hydrogens (tertiary/aromatic N) is 3. The maximum Gasteiger partial charge on any atom is 0.246 e. The van der Waals surface area contributed by atoms with Crippen molar-refractivity contribution in [2.45, 2.75) is 30.9 Å². The van der Waals surface area contributed by atoms with Gasteiger partial charge in [0.05, 0.1) is 11.7 Å². The van der Waals surface area contributed by atoms with Crippen molar-refractivity contribution in [1.82, 2.24) is 9.21 Å². The number of halogens is 2. The lowest BCUT2D eigenvalue weighted by molar-refractivity contribution is 0.0839. The molecule has 2 atom stereocenters. The van der Waals surface area contributed by atoms with Crippen molar-refractivity contribution in [2.75, 3.05) is 26.2 Å². The van der Waals surface area contributed by atoms with Gasteiger partial charge in [0.25, 0.3) is 0 Å². The topological polar surface area (TPSA) is 84.6 Å². The van der Waals surface area contributed by atoms with E-state index in [0.29, 0.717) is 19.6 Å². The van der Waals surface area contributed by atoms with E-state index in [1.807, 2.05) is 4.90 Å². The normalized spacial score (nSPS) is 21.4. The Hall–Kier alpha value is -1.05. The molecule has 1 fully saturated rings. The van der Waals surface area contributed by atoms with Gasteiger partial charge in [-0.15, -0.1) is 0 Å². The third kappa shape index (κ3) is 3.95. The highest BCUT2D eigenvalue weighted by molar-refractivity contribution is 9.10. The van der Waals surface area contributed by atoms with E-state index in [2.05, 4.69) is 15.9 Å². The number of rotatable bonds is 4. The number of β-amino-alcohol motifs (C(OH)–C–C–N with tert-alkyl or cyclic N) is 1. The van der Waals surface area contributed by atoms with E-state index < -0.39 is 26.8 Å². The van der Waals surface area contributed by atoms with Gasteiger partial charge in [0.1, 0.15) is 16.8 Å². The Morgan fingerprint density at radius 1 is 1.50 bits per heavy atom. The summed E-state index contributed by atoms with van der Waals surface area (Å²) in [6.07, 6.45) is -0.493. The summed E-state index contributed by atoms with van der Waals surface area (Å²) in [5.74, 6) is -0.937. The van der Waals surface area contributed by atoms with Gasteiger partial charge in [-0.3, -0.25) is 4.90 Å². The first-order chi connectivity index (χ1) is 11.2. The van der Waals surface area contributed by atoms with Crippen molar-refractivity contribution in [1.29, 1.82) is 5.26 Å². The third-order valence-electron chi connectivity index (χ3n) is 3.90. The molecule has 1 saturated heterocycles. The van der Waals surface area contributed by atoms with E-state index in [1.54, 1.807) is 19.9 Å². The molecule has 9 heteroatoms. The van der Waals surface area contributed by atoms with Crippen LogP contribution in [0.4, 0.5) is 4.39 Å². The molecule has 0 saturated carbocycles. The van der Waals surface area contributed by atoms with Gasteiger partial charge in [0, 0.05) is 36.7 Å². The van der Waals surface area contributed by atoms with Crippen LogP contribution in [0.1, 0.15) is 19.4 Å². The van der Waals surface area contributed by atoms with Gasteiger partial charge in [-0.05, 0) is 41.9 Å². The van der Waals surface area contributed by atoms with Crippen molar-refractivity contribution in [3.63, 3.8) is 0 Å². The molecule has 0 aliphatic carbocycles. The van der Waals surface area contributed by atoms with E-state index in [4.69, 9.17) is 5.26 Å². The second-order valence-corrected chi connectivity index (χ2v) is 8.66. The van der Waals surface area contributed by atoms with Crippen LogP contribution in [0.2, 0.25) is 0 Å². The van der Waals surface area contributed by atoms with Crippen LogP contribution in [-0.4, -0.2) is 61.1 Å². The molecule has 1 aromatic carbocycles. The first-order valence-corrected chi connectivity index (χ1v) is 9.71. The van der Waals surface area contributed by atoms with Crippen molar-refractivity contribution < 1.29 is 17.9 Å². The van der Waals surface area contributed by atoms with Gasteiger partial charge in [-0.25, -0.2) is 12.8 Å². The quantitative estimate of drug-likeness (QED) is 0.799. The first kappa shape index (κ1) is 19.3. The Bertz CT molecular complexity index is 764. The summed E-state index contributed by atoms with van der Waals surface area (Å²) in [5.41, 5.74) is 0.0428. The SMILES string of the molecule is C[C@H](O)CN1CCN(S(=O)(=O)c2cc(Br)c(C#N)cc2F)[C@H](C)C1. The maximum absolute atomic E-state index is 14.2. The van der Waals surface area contributed by atoms with Gasteiger partial charge in [-0.1, -0.05) is 0 Å². The molecule has 1 heterocycles. The Balaban J connectivity index is 2.29. The summed E-state index contributed by atoms with van der Waals surface area (Å²) in [6.45, 7) is 5.04. The summed E-state index contributed by atoms with van der Waals surface area (Å²) in [7, 11) is -4.01. The van der Waals surface area contributed by atoms with Gasteiger partial charge in [0.15, 0.2) is 0 Å². The van der Waals surface area contributed by atoms with Crippen molar-refractivity contribution in [3.8, 4) is 6.07 Å². The average molecular weight is 420 g/mol. The lowest BCUT2D eigenvalue weighted by Crippen LogP contribution is -2.54. The molecule has 1 aliphatic heterocycles. The molecule has 6 nitrogen and oxygen atoms in total. The zero-order valence-electron chi connectivity index (χ0n) is 13.4. The number of sulfonamides is 1. The highest BCUT2D eigenvalue weighted by atomic mass is 79.9. The fourth-order valence-electron chi connectivity index (χ4n) is 2.85. The van der Waals surface area contributed by atoms with Gasteiger partial charge >= 0.3 is 0 Å². The second kappa shape index (κ2) is 7.45. The van der Waals surface area contributed by atoms with Crippen LogP contribution >= 0.6 is 15.9 Å². The lowest BCUT2D eigenvalue weighted by atomic mass is 10.2. The summed E-state index contributed by atoms with van der Waals surface area (Å²) in [6, 6.07) is 3.51. The Morgan fingerprint density at radius 3 is 2.71 bits per heavy atom. The third-order valence-corrected chi connectivity index (χ3v) is 6.59. The fourth-order valence-corrected chi connectivity index (χ4v) is 5.12. The highest BCUT2D eigenvalue weighted by Crippen LogP contribution is 2.28. The zero-order valence-corrected chi connectivity index (χ0v) is 15.8. The molecule has 24 heavy (non-hydrogen) atoms. The molecule has 2 rings (SSSR count). The van der Waals surface area contributed by atoms with Crippen LogP contribution < -0.4 is 0 Å². The molecule has 0 bridgehead atoms. The van der Waals surface area contributed by atoms with E-state index in [1.165, 1.54) is 4.31 Å². The van der Waals surface area contributed by atoms with E-state index in [9.17, 15) is 17.9 Å². The lowest BCUT2D eigenvalue weighted by Gasteiger charge is -2.39. The molecule has 0 amide bonds. The van der Waals surface area contributed by atoms with Crippen molar-refractivity contribution in [2.24, 2.45) is 0 Å². The van der Waals surface area contributed by atoms with Crippen LogP contribution in [-0.2, 0) is 10.0 Å². The van der Waals surface area contributed by atoms with E-state index >= 15 is 0 Å². The minimum absolute atomic E-state index is 0.0428. The maximum atomic E-state index is 14.2. The summed E-state index contributed by atoms with van der Waals surface area (Å²) >= 11 is 3.10. The minimum Gasteiger partial charge on any atom is -0.392 e. The minimum atomic E-state index is -4.01. The smallest absolute Gasteiger partial charge is 0.246 e. The van der Waals surface area contributed by atoms with E-state index in [-0.39, 0.29) is 22.6 Å². The van der Waals surface area contributed by atoms with Crippen LogP contribution in [0.15, 0.2) is 21.5 Å². The molecular weight excluding hydrogens is 401 g/mol. The molecule has 1 aromatic rings. The number of piperazine rings is 1. The number of hydrogen-bond donors (Lipinski definition) is 1. The monoisotopic (exact) mass is 419 g/mol. The molecule has 0 radical (unpaired) electrons. The van der Waals surface area contributed by atoms with Gasteiger partial charge in [-0.2, -0.15) is 9.57 Å². The van der Waals surface area contributed by atoms with Gasteiger partial charge < -0.3 is 5.11 Å². The number of benzene rings is 1. The Kier molecular flexibility index (Phi) is 5.99. The van der Waals surface area contributed by atoms with Gasteiger partial charge in [0.2, 0.25) is 10.0 Å². The van der Waals surface area contributed by atoms with Crippen molar-refractivity contribution >= 4 is 26.0 Å². The summed E-state index contributed by atoms with van der Waals surface area (Å²) < 4.78 is 41.4. The number of nitriles is 1. The van der Waals surface area contributed by atoms with Crippen LogP contribution in [0.5, 0.6) is 0 Å². The predicted octanol–water partition coefficient (Wildman–Crippen LogP) is 1.54. The molecule has 132 valence electrons. The highest BCUT2D eigenvalue weighted by Gasteiger charge is 2.35. The summed E-state index contributed by atoms with van der Waals surface area (Å²) in [4.78, 5) is 1.54. The Labute approximate surface area is 149 Å². The molecule has 0 aromatic heterocycles. The molecule has 0 spiro atoms. The molecule has 1 N–H and O–H groups in total. The predicted molar refractivity (Wildman–Crippen MR) is 90.3 cm³/mol. The number of aliphatic hydroxyl groups excluding tert-OH is 1. The van der Waals surface area contributed by atoms with E-state index in [0.717, 1.165) is 12.1 Å². The van der Waals surface area contributed by atoms with Crippen LogP contribution in [0.3, 0.4) is 0 Å². The number of aliphatic hydroxyl groups is 1. The molecule has 0 unspecified atom stereocenters.